The number of aryl methyl sites for hydroxylation is 1. The third kappa shape index (κ3) is 3.81. The molecule has 2 aliphatic carbocycles. The highest BCUT2D eigenvalue weighted by atomic mass is 16.2. The molecule has 3 aromatic rings. The van der Waals surface area contributed by atoms with Gasteiger partial charge in [-0.3, -0.25) is 19.0 Å². The Labute approximate surface area is 219 Å². The second-order valence-electron chi connectivity index (χ2n) is 11.3. The third-order valence-corrected chi connectivity index (χ3v) is 8.96. The number of carbonyl (C=O) groups excluding carboxylic acids is 2. The Balaban J connectivity index is 1.21. The van der Waals surface area contributed by atoms with Crippen molar-refractivity contribution in [3.05, 3.63) is 46.0 Å². The summed E-state index contributed by atoms with van der Waals surface area (Å²) in [5.41, 5.74) is 1.93. The summed E-state index contributed by atoms with van der Waals surface area (Å²) < 4.78 is 1.76. The number of nitrogens with zero attached hydrogens (tertiary/aromatic N) is 5. The van der Waals surface area contributed by atoms with Gasteiger partial charge < -0.3 is 15.5 Å². The van der Waals surface area contributed by atoms with Gasteiger partial charge in [0.2, 0.25) is 11.9 Å². The summed E-state index contributed by atoms with van der Waals surface area (Å²) in [4.78, 5) is 54.4. The molecular formula is C28H31N7O3. The number of hydrogen-bond acceptors (Lipinski definition) is 8. The van der Waals surface area contributed by atoms with Crippen molar-refractivity contribution in [3.8, 4) is 0 Å². The summed E-state index contributed by atoms with van der Waals surface area (Å²) >= 11 is 0. The van der Waals surface area contributed by atoms with E-state index in [2.05, 4.69) is 20.6 Å². The van der Waals surface area contributed by atoms with E-state index >= 15 is 0 Å². The number of carbonyl (C=O) groups is 2. The van der Waals surface area contributed by atoms with Crippen LogP contribution >= 0.6 is 0 Å². The highest BCUT2D eigenvalue weighted by molar-refractivity contribution is 5.99. The van der Waals surface area contributed by atoms with Crippen LogP contribution in [-0.2, 0) is 4.79 Å². The van der Waals surface area contributed by atoms with Crippen LogP contribution in [0.2, 0.25) is 0 Å². The van der Waals surface area contributed by atoms with E-state index in [1.807, 2.05) is 17.0 Å². The topological polar surface area (TPSA) is 122 Å². The lowest BCUT2D eigenvalue weighted by Crippen LogP contribution is -2.37. The maximum absolute atomic E-state index is 13.6. The molecule has 5 atom stereocenters. The molecule has 196 valence electrons. The monoisotopic (exact) mass is 513 g/mol. The number of anilines is 3. The molecule has 0 unspecified atom stereocenters. The molecule has 0 aromatic carbocycles. The predicted molar refractivity (Wildman–Crippen MR) is 143 cm³/mol. The Kier molecular flexibility index (Phi) is 5.36. The number of amides is 1. The number of nitrogens with one attached hydrogen (secondary N) is 2. The predicted octanol–water partition coefficient (Wildman–Crippen LogP) is 3.27. The minimum absolute atomic E-state index is 0.0600. The van der Waals surface area contributed by atoms with Crippen LogP contribution in [0.5, 0.6) is 0 Å². The number of Topliss-reactive ketones (excluding diaryl/α,β-unsaturated/α-hetero) is 1. The number of ketones is 1. The minimum Gasteiger partial charge on any atom is -0.309 e. The van der Waals surface area contributed by atoms with Gasteiger partial charge in [-0.25, -0.2) is 9.97 Å². The molecule has 0 radical (unpaired) electrons. The summed E-state index contributed by atoms with van der Waals surface area (Å²) in [6.07, 6.45) is 9.20. The Morgan fingerprint density at radius 3 is 2.63 bits per heavy atom. The molecule has 10 heteroatoms. The van der Waals surface area contributed by atoms with E-state index in [1.165, 1.54) is 6.92 Å². The van der Waals surface area contributed by atoms with Gasteiger partial charge in [0.15, 0.2) is 5.78 Å². The first-order valence-corrected chi connectivity index (χ1v) is 13.6. The Morgan fingerprint density at radius 2 is 1.92 bits per heavy atom. The lowest BCUT2D eigenvalue weighted by atomic mass is 10.0. The number of rotatable bonds is 5. The summed E-state index contributed by atoms with van der Waals surface area (Å²) in [5.74, 6) is 1.92. The summed E-state index contributed by atoms with van der Waals surface area (Å²) in [7, 11) is 0. The zero-order valence-electron chi connectivity index (χ0n) is 21.6. The van der Waals surface area contributed by atoms with Crippen molar-refractivity contribution >= 4 is 40.2 Å². The lowest BCUT2D eigenvalue weighted by molar-refractivity contribution is -0.118. The van der Waals surface area contributed by atoms with Crippen LogP contribution in [0.4, 0.5) is 17.5 Å². The summed E-state index contributed by atoms with van der Waals surface area (Å²) in [6, 6.07) is 4.36. The van der Waals surface area contributed by atoms with Crippen LogP contribution in [0.1, 0.15) is 67.4 Å². The Morgan fingerprint density at radius 1 is 1.08 bits per heavy atom. The average molecular weight is 514 g/mol. The van der Waals surface area contributed by atoms with E-state index in [1.54, 1.807) is 23.9 Å². The third-order valence-electron chi connectivity index (χ3n) is 8.96. The quantitative estimate of drug-likeness (QED) is 0.499. The fraction of sp³-hybridized carbons (Fsp3) is 0.500. The van der Waals surface area contributed by atoms with Gasteiger partial charge in [0.1, 0.15) is 11.5 Å². The van der Waals surface area contributed by atoms with E-state index in [4.69, 9.17) is 4.98 Å². The van der Waals surface area contributed by atoms with Crippen LogP contribution in [0, 0.1) is 18.8 Å². The molecule has 38 heavy (non-hydrogen) atoms. The second kappa shape index (κ2) is 8.69. The Bertz CT molecular complexity index is 1530. The summed E-state index contributed by atoms with van der Waals surface area (Å²) in [6.45, 7) is 3.89. The van der Waals surface area contributed by atoms with Crippen LogP contribution in [-0.4, -0.2) is 49.8 Å². The van der Waals surface area contributed by atoms with Crippen molar-refractivity contribution in [2.75, 3.05) is 16.8 Å². The van der Waals surface area contributed by atoms with Crippen LogP contribution in [0.3, 0.4) is 0 Å². The van der Waals surface area contributed by atoms with E-state index in [0.29, 0.717) is 53.8 Å². The molecule has 5 heterocycles. The molecule has 4 aliphatic rings. The fourth-order valence-electron chi connectivity index (χ4n) is 6.94. The fourth-order valence-corrected chi connectivity index (χ4v) is 6.94. The van der Waals surface area contributed by atoms with Gasteiger partial charge in [0, 0.05) is 42.7 Å². The molecular weight excluding hydrogens is 482 g/mol. The standard InChI is InChI=1S/C28H31N7O3/c1-14-21-12-30-28(33-26(21)35(27(38)25(14)15(2)36)22-7-3-16-9-20(16)22)32-23-8-6-19(11-29-23)34-13-18-5-4-17(31-18)10-24(34)37/h6,8,11-12,16-18,20,22,31H,3-5,7,9-10,13H2,1-2H3,(H,29,30,32,33)/t16-,17+,18-,20+,22-/m1/s1. The normalized spacial score (nSPS) is 27.9. The maximum Gasteiger partial charge on any atom is 0.263 e. The zero-order valence-corrected chi connectivity index (χ0v) is 21.6. The van der Waals surface area contributed by atoms with Gasteiger partial charge in [0.05, 0.1) is 17.4 Å². The molecule has 2 saturated heterocycles. The molecule has 2 saturated carbocycles. The van der Waals surface area contributed by atoms with E-state index in [9.17, 15) is 14.4 Å². The summed E-state index contributed by atoms with van der Waals surface area (Å²) in [5, 5.41) is 7.41. The molecule has 2 N–H and O–H groups in total. The second-order valence-corrected chi connectivity index (χ2v) is 11.3. The smallest absolute Gasteiger partial charge is 0.263 e. The van der Waals surface area contributed by atoms with Gasteiger partial charge in [-0.1, -0.05) is 0 Å². The van der Waals surface area contributed by atoms with Crippen molar-refractivity contribution in [2.45, 2.75) is 70.5 Å². The molecule has 7 rings (SSSR count). The molecule has 1 amide bonds. The van der Waals surface area contributed by atoms with Crippen LogP contribution in [0.25, 0.3) is 11.0 Å². The SMILES string of the molecule is CC(=O)c1c(C)c2cnc(Nc3ccc(N4C[C@H]5CC[C@@H](CC4=O)N5)cn3)nc2n([C@@H]2CC[C@@H]3C[C@@H]32)c1=O. The van der Waals surface area contributed by atoms with Crippen LogP contribution in [0.15, 0.2) is 29.3 Å². The number of fused-ring (bicyclic) bond motifs is 4. The minimum atomic E-state index is -0.252. The molecule has 0 spiro atoms. The van der Waals surface area contributed by atoms with Crippen molar-refractivity contribution in [1.29, 1.82) is 0 Å². The largest absolute Gasteiger partial charge is 0.309 e. The molecule has 2 bridgehead atoms. The number of hydrogen-bond donors (Lipinski definition) is 2. The lowest BCUT2D eigenvalue weighted by Gasteiger charge is -2.24. The van der Waals surface area contributed by atoms with E-state index < -0.39 is 0 Å². The van der Waals surface area contributed by atoms with Gasteiger partial charge in [0.25, 0.3) is 5.56 Å². The van der Waals surface area contributed by atoms with Crippen molar-refractivity contribution < 1.29 is 9.59 Å². The molecule has 10 nitrogen and oxygen atoms in total. The number of pyridine rings is 2. The van der Waals surface area contributed by atoms with Gasteiger partial charge >= 0.3 is 0 Å². The highest BCUT2D eigenvalue weighted by Crippen LogP contribution is 2.57. The Hall–Kier alpha value is -3.66. The van der Waals surface area contributed by atoms with Crippen LogP contribution < -0.4 is 21.1 Å². The maximum atomic E-state index is 13.6. The first-order chi connectivity index (χ1) is 18.4. The van der Waals surface area contributed by atoms with Gasteiger partial charge in [-0.05, 0) is 75.5 Å². The molecule has 3 aromatic heterocycles. The van der Waals surface area contributed by atoms with Crippen molar-refractivity contribution in [1.82, 2.24) is 24.8 Å². The molecule has 4 fully saturated rings. The molecule has 2 aliphatic heterocycles. The van der Waals surface area contributed by atoms with Crippen molar-refractivity contribution in [3.63, 3.8) is 0 Å². The van der Waals surface area contributed by atoms with E-state index in [0.717, 1.165) is 43.2 Å². The van der Waals surface area contributed by atoms with Gasteiger partial charge in [-0.2, -0.15) is 4.98 Å². The zero-order chi connectivity index (χ0) is 26.1. The average Bonchev–Trinajstić information content (AvgIpc) is 3.40. The first-order valence-electron chi connectivity index (χ1n) is 13.6. The van der Waals surface area contributed by atoms with Gasteiger partial charge in [-0.15, -0.1) is 0 Å². The number of aromatic nitrogens is 4. The highest BCUT2D eigenvalue weighted by Gasteiger charge is 2.49. The first kappa shape index (κ1) is 23.5. The van der Waals surface area contributed by atoms with Crippen molar-refractivity contribution in [2.24, 2.45) is 11.8 Å². The van der Waals surface area contributed by atoms with E-state index in [-0.39, 0.29) is 34.9 Å².